The Morgan fingerprint density at radius 3 is 2.36 bits per heavy atom. The Balaban J connectivity index is 1.66. The van der Waals surface area contributed by atoms with Crippen molar-refractivity contribution in [3.8, 4) is 5.69 Å². The van der Waals surface area contributed by atoms with Gasteiger partial charge in [-0.15, -0.1) is 5.10 Å². The van der Waals surface area contributed by atoms with E-state index < -0.39 is 0 Å². The van der Waals surface area contributed by atoms with Crippen molar-refractivity contribution in [2.45, 2.75) is 20.8 Å². The Morgan fingerprint density at radius 2 is 1.71 bits per heavy atom. The number of carbonyl (C=O) groups excluding carboxylic acids is 2. The van der Waals surface area contributed by atoms with Crippen LogP contribution in [0.4, 0.5) is 5.69 Å². The van der Waals surface area contributed by atoms with Gasteiger partial charge in [0.25, 0.3) is 5.91 Å². The Kier molecular flexibility index (Phi) is 5.54. The predicted octanol–water partition coefficient (Wildman–Crippen LogP) is 2.90. The number of amides is 2. The van der Waals surface area contributed by atoms with E-state index in [4.69, 9.17) is 0 Å². The number of carbonyl (C=O) groups is 2. The molecule has 0 fully saturated rings. The van der Waals surface area contributed by atoms with Gasteiger partial charge in [-0.2, -0.15) is 9.90 Å². The van der Waals surface area contributed by atoms with E-state index in [0.29, 0.717) is 0 Å². The molecule has 0 radical (unpaired) electrons. The number of aromatic nitrogens is 3. The molecule has 0 bridgehead atoms. The number of aryl methyl sites for hydroxylation is 3. The Labute approximate surface area is 164 Å². The van der Waals surface area contributed by atoms with Crippen molar-refractivity contribution in [3.63, 3.8) is 0 Å². The Morgan fingerprint density at radius 1 is 1.07 bits per heavy atom. The fourth-order valence-corrected chi connectivity index (χ4v) is 3.09. The molecule has 1 heterocycles. The zero-order valence-corrected chi connectivity index (χ0v) is 16.4. The molecule has 2 amide bonds. The maximum atomic E-state index is 12.6. The molecule has 144 valence electrons. The Bertz CT molecular complexity index is 988. The van der Waals surface area contributed by atoms with E-state index in [1.807, 2.05) is 63.2 Å². The topological polar surface area (TPSA) is 80.1 Å². The van der Waals surface area contributed by atoms with Crippen molar-refractivity contribution in [2.75, 3.05) is 18.9 Å². The molecular weight excluding hydrogens is 354 g/mol. The van der Waals surface area contributed by atoms with Gasteiger partial charge < -0.3 is 10.2 Å². The summed E-state index contributed by atoms with van der Waals surface area (Å²) in [7, 11) is 1.57. The molecule has 3 aromatic rings. The quantitative estimate of drug-likeness (QED) is 0.741. The maximum Gasteiger partial charge on any atom is 0.276 e. The summed E-state index contributed by atoms with van der Waals surface area (Å²) in [6, 6.07) is 13.3. The van der Waals surface area contributed by atoms with E-state index in [-0.39, 0.29) is 24.1 Å². The van der Waals surface area contributed by atoms with Crippen molar-refractivity contribution in [1.82, 2.24) is 19.9 Å². The summed E-state index contributed by atoms with van der Waals surface area (Å²) in [5, 5.41) is 11.2. The number of para-hydroxylation sites is 1. The summed E-state index contributed by atoms with van der Waals surface area (Å²) >= 11 is 0. The van der Waals surface area contributed by atoms with Crippen LogP contribution in [0.15, 0.2) is 48.7 Å². The molecule has 7 nitrogen and oxygen atoms in total. The predicted molar refractivity (Wildman–Crippen MR) is 108 cm³/mol. The van der Waals surface area contributed by atoms with Gasteiger partial charge in [0, 0.05) is 12.7 Å². The van der Waals surface area contributed by atoms with E-state index in [0.717, 1.165) is 28.1 Å². The van der Waals surface area contributed by atoms with Crippen LogP contribution in [-0.2, 0) is 4.79 Å². The van der Waals surface area contributed by atoms with Crippen LogP contribution in [0, 0.1) is 20.8 Å². The van der Waals surface area contributed by atoms with Crippen molar-refractivity contribution in [3.05, 3.63) is 71.0 Å². The van der Waals surface area contributed by atoms with Crippen LogP contribution >= 0.6 is 0 Å². The van der Waals surface area contributed by atoms with Crippen molar-refractivity contribution in [1.29, 1.82) is 0 Å². The molecule has 3 rings (SSSR count). The van der Waals surface area contributed by atoms with Crippen LogP contribution < -0.4 is 5.32 Å². The first kappa shape index (κ1) is 19.3. The normalized spacial score (nSPS) is 10.6. The lowest BCUT2D eigenvalue weighted by atomic mass is 10.1. The monoisotopic (exact) mass is 377 g/mol. The molecule has 2 aromatic carbocycles. The second-order valence-electron chi connectivity index (χ2n) is 6.84. The number of likely N-dealkylation sites (N-methyl/N-ethyl adjacent to an activating group) is 1. The van der Waals surface area contributed by atoms with Gasteiger partial charge >= 0.3 is 0 Å². The second-order valence-corrected chi connectivity index (χ2v) is 6.84. The smallest absolute Gasteiger partial charge is 0.276 e. The van der Waals surface area contributed by atoms with Crippen LogP contribution in [0.2, 0.25) is 0 Å². The molecule has 0 unspecified atom stereocenters. The summed E-state index contributed by atoms with van der Waals surface area (Å²) < 4.78 is 0. The molecular formula is C21H23N5O2. The maximum absolute atomic E-state index is 12.6. The van der Waals surface area contributed by atoms with Crippen LogP contribution in [0.25, 0.3) is 5.69 Å². The van der Waals surface area contributed by atoms with E-state index in [2.05, 4.69) is 15.5 Å². The molecule has 0 aliphatic heterocycles. The number of nitrogens with one attached hydrogen (secondary N) is 1. The number of benzene rings is 2. The second kappa shape index (κ2) is 8.04. The van der Waals surface area contributed by atoms with Gasteiger partial charge in [0.15, 0.2) is 5.69 Å². The van der Waals surface area contributed by atoms with Crippen LogP contribution in [0.5, 0.6) is 0 Å². The lowest BCUT2D eigenvalue weighted by molar-refractivity contribution is -0.116. The summed E-state index contributed by atoms with van der Waals surface area (Å²) in [4.78, 5) is 27.7. The highest BCUT2D eigenvalue weighted by Crippen LogP contribution is 2.21. The van der Waals surface area contributed by atoms with Crippen molar-refractivity contribution >= 4 is 17.5 Å². The van der Waals surface area contributed by atoms with E-state index in [1.165, 1.54) is 15.9 Å². The summed E-state index contributed by atoms with van der Waals surface area (Å²) in [5.41, 5.74) is 4.85. The highest BCUT2D eigenvalue weighted by Gasteiger charge is 2.19. The summed E-state index contributed by atoms with van der Waals surface area (Å²) in [5.74, 6) is -0.629. The molecule has 1 aromatic heterocycles. The molecule has 0 saturated heterocycles. The van der Waals surface area contributed by atoms with E-state index >= 15 is 0 Å². The number of nitrogens with zero attached hydrogens (tertiary/aromatic N) is 4. The lowest BCUT2D eigenvalue weighted by Crippen LogP contribution is -2.35. The van der Waals surface area contributed by atoms with Gasteiger partial charge in [-0.1, -0.05) is 35.9 Å². The molecule has 0 saturated carbocycles. The van der Waals surface area contributed by atoms with Gasteiger partial charge in [0.1, 0.15) is 0 Å². The number of hydrogen-bond donors (Lipinski definition) is 1. The number of hydrogen-bond acceptors (Lipinski definition) is 4. The van der Waals surface area contributed by atoms with Gasteiger partial charge in [0.2, 0.25) is 5.91 Å². The zero-order chi connectivity index (χ0) is 20.3. The molecule has 1 N–H and O–H groups in total. The third kappa shape index (κ3) is 4.25. The standard InChI is InChI=1S/C21H23N5O2/c1-14-10-15(2)20(16(3)11-14)23-19(27)13-25(4)21(28)18-12-22-26(24-18)17-8-6-5-7-9-17/h5-12H,13H2,1-4H3,(H,23,27). The van der Waals surface area contributed by atoms with Gasteiger partial charge in [-0.3, -0.25) is 9.59 Å². The third-order valence-corrected chi connectivity index (χ3v) is 4.37. The summed E-state index contributed by atoms with van der Waals surface area (Å²) in [6.07, 6.45) is 1.40. The molecule has 0 aliphatic carbocycles. The van der Waals surface area contributed by atoms with Crippen LogP contribution in [-0.4, -0.2) is 45.3 Å². The van der Waals surface area contributed by atoms with Gasteiger partial charge in [-0.05, 0) is 44.0 Å². The van der Waals surface area contributed by atoms with Gasteiger partial charge in [0.05, 0.1) is 18.4 Å². The minimum Gasteiger partial charge on any atom is -0.331 e. The zero-order valence-electron chi connectivity index (χ0n) is 16.4. The van der Waals surface area contributed by atoms with Crippen molar-refractivity contribution < 1.29 is 9.59 Å². The summed E-state index contributed by atoms with van der Waals surface area (Å²) in [6.45, 7) is 5.84. The highest BCUT2D eigenvalue weighted by atomic mass is 16.2. The Hall–Kier alpha value is -3.48. The average Bonchev–Trinajstić information content (AvgIpc) is 3.15. The first-order valence-electron chi connectivity index (χ1n) is 8.96. The molecule has 0 spiro atoms. The fraction of sp³-hybridized carbons (Fsp3) is 0.238. The van der Waals surface area contributed by atoms with Crippen LogP contribution in [0.3, 0.4) is 0 Å². The van der Waals surface area contributed by atoms with E-state index in [1.54, 1.807) is 7.05 Å². The SMILES string of the molecule is Cc1cc(C)c(NC(=O)CN(C)C(=O)c2cnn(-c3ccccc3)n2)c(C)c1. The number of rotatable bonds is 5. The molecule has 0 atom stereocenters. The highest BCUT2D eigenvalue weighted by molar-refractivity contribution is 5.98. The lowest BCUT2D eigenvalue weighted by Gasteiger charge is -2.17. The van der Waals surface area contributed by atoms with Crippen LogP contribution in [0.1, 0.15) is 27.2 Å². The minimum atomic E-state index is -0.366. The largest absolute Gasteiger partial charge is 0.331 e. The van der Waals surface area contributed by atoms with E-state index in [9.17, 15) is 9.59 Å². The molecule has 0 aliphatic rings. The third-order valence-electron chi connectivity index (χ3n) is 4.37. The number of anilines is 1. The molecule has 28 heavy (non-hydrogen) atoms. The van der Waals surface area contributed by atoms with Crippen molar-refractivity contribution in [2.24, 2.45) is 0 Å². The first-order chi connectivity index (χ1) is 13.3. The molecule has 7 heteroatoms. The van der Waals surface area contributed by atoms with Gasteiger partial charge in [-0.25, -0.2) is 0 Å². The first-order valence-corrected chi connectivity index (χ1v) is 8.96. The average molecular weight is 377 g/mol. The fourth-order valence-electron chi connectivity index (χ4n) is 3.09. The minimum absolute atomic E-state index is 0.0796.